The predicted octanol–water partition coefficient (Wildman–Crippen LogP) is 2.24. The molecule has 0 aromatic rings. The summed E-state index contributed by atoms with van der Waals surface area (Å²) in [5.74, 6) is 0.344. The molecule has 1 aliphatic rings. The lowest BCUT2D eigenvalue weighted by Crippen LogP contribution is -2.21. The van der Waals surface area contributed by atoms with Crippen molar-refractivity contribution < 1.29 is 9.90 Å². The molecular weight excluding hydrogens is 172 g/mol. The van der Waals surface area contributed by atoms with Crippen molar-refractivity contribution in [1.29, 1.82) is 0 Å². The molecule has 0 spiro atoms. The van der Waals surface area contributed by atoms with Crippen molar-refractivity contribution in [2.75, 3.05) is 12.0 Å². The molecule has 0 heterocycles. The highest BCUT2D eigenvalue weighted by atomic mass is 32.2. The van der Waals surface area contributed by atoms with Gasteiger partial charge >= 0.3 is 5.97 Å². The maximum Gasteiger partial charge on any atom is 0.310 e. The summed E-state index contributed by atoms with van der Waals surface area (Å²) in [6.07, 6.45) is 3.68. The van der Waals surface area contributed by atoms with Gasteiger partial charge in [0, 0.05) is 0 Å². The van der Waals surface area contributed by atoms with Gasteiger partial charge in [0.1, 0.15) is 0 Å². The van der Waals surface area contributed by atoms with Crippen LogP contribution < -0.4 is 0 Å². The summed E-state index contributed by atoms with van der Waals surface area (Å²) in [6, 6.07) is 0. The number of hydrogen-bond donors (Lipinski definition) is 1. The summed E-state index contributed by atoms with van der Waals surface area (Å²) >= 11 is 1.72. The van der Waals surface area contributed by atoms with Crippen LogP contribution in [-0.4, -0.2) is 23.1 Å². The Balaban J connectivity index is 2.60. The lowest BCUT2D eigenvalue weighted by molar-refractivity contribution is -0.144. The van der Waals surface area contributed by atoms with Gasteiger partial charge in [-0.25, -0.2) is 0 Å². The number of aliphatic carboxylic acids is 1. The van der Waals surface area contributed by atoms with Crippen LogP contribution in [0.5, 0.6) is 0 Å². The molecule has 1 N–H and O–H groups in total. The molecule has 1 atom stereocenters. The molecule has 0 amide bonds. The molecule has 2 nitrogen and oxygen atoms in total. The minimum Gasteiger partial charge on any atom is -0.481 e. The van der Waals surface area contributed by atoms with Crippen LogP contribution in [0, 0.1) is 10.8 Å². The van der Waals surface area contributed by atoms with Crippen molar-refractivity contribution in [2.45, 2.75) is 26.7 Å². The fourth-order valence-electron chi connectivity index (χ4n) is 1.89. The van der Waals surface area contributed by atoms with E-state index < -0.39 is 11.4 Å². The highest BCUT2D eigenvalue weighted by molar-refractivity contribution is 7.98. The summed E-state index contributed by atoms with van der Waals surface area (Å²) in [4.78, 5) is 11.0. The second-order valence-corrected chi connectivity index (χ2v) is 5.18. The number of carboxylic acids is 1. The van der Waals surface area contributed by atoms with Crippen LogP contribution in [-0.2, 0) is 4.79 Å². The quantitative estimate of drug-likeness (QED) is 0.735. The van der Waals surface area contributed by atoms with E-state index in [2.05, 4.69) is 0 Å². The Bertz CT molecular complexity index is 201. The van der Waals surface area contributed by atoms with E-state index in [1.54, 1.807) is 11.8 Å². The van der Waals surface area contributed by atoms with Crippen LogP contribution in [0.4, 0.5) is 0 Å². The van der Waals surface area contributed by atoms with Crippen LogP contribution in [0.15, 0.2) is 0 Å². The molecule has 1 rings (SSSR count). The third-order valence-corrected chi connectivity index (χ3v) is 3.67. The van der Waals surface area contributed by atoms with Gasteiger partial charge in [0.05, 0.1) is 5.41 Å². The molecule has 1 aliphatic carbocycles. The van der Waals surface area contributed by atoms with Gasteiger partial charge in [-0.2, -0.15) is 11.8 Å². The third-order valence-electron chi connectivity index (χ3n) is 3.06. The average Bonchev–Trinajstić information content (AvgIpc) is 2.51. The Morgan fingerprint density at radius 1 is 1.58 bits per heavy atom. The first-order chi connectivity index (χ1) is 5.46. The second-order valence-electron chi connectivity index (χ2n) is 4.19. The van der Waals surface area contributed by atoms with Crippen LogP contribution >= 0.6 is 11.8 Å². The summed E-state index contributed by atoms with van der Waals surface area (Å²) in [7, 11) is 0. The monoisotopic (exact) mass is 188 g/mol. The zero-order chi connectivity index (χ0) is 9.41. The Morgan fingerprint density at radius 3 is 2.33 bits per heavy atom. The van der Waals surface area contributed by atoms with E-state index in [1.165, 1.54) is 0 Å². The van der Waals surface area contributed by atoms with E-state index in [-0.39, 0.29) is 5.41 Å². The zero-order valence-electron chi connectivity index (χ0n) is 7.89. The number of hydrogen-bond acceptors (Lipinski definition) is 2. The fraction of sp³-hybridized carbons (Fsp3) is 0.889. The molecule has 70 valence electrons. The van der Waals surface area contributed by atoms with E-state index in [4.69, 9.17) is 5.11 Å². The molecule has 0 bridgehead atoms. The molecule has 0 aromatic carbocycles. The average molecular weight is 188 g/mol. The summed E-state index contributed by atoms with van der Waals surface area (Å²) in [5, 5.41) is 9.06. The van der Waals surface area contributed by atoms with Crippen molar-refractivity contribution in [3.8, 4) is 0 Å². The van der Waals surface area contributed by atoms with Crippen LogP contribution in [0.25, 0.3) is 0 Å². The molecule has 0 aromatic heterocycles. The standard InChI is InChI=1S/C9H16O2S/c1-8(2)6-9(8,7(10)11)4-5-12-3/h4-6H2,1-3H3,(H,10,11). The van der Waals surface area contributed by atoms with Gasteiger partial charge in [-0.05, 0) is 30.3 Å². The van der Waals surface area contributed by atoms with Gasteiger partial charge in [0.25, 0.3) is 0 Å². The van der Waals surface area contributed by atoms with E-state index in [1.807, 2.05) is 20.1 Å². The maximum absolute atomic E-state index is 11.0. The first-order valence-corrected chi connectivity index (χ1v) is 5.58. The highest BCUT2D eigenvalue weighted by Crippen LogP contribution is 2.65. The highest BCUT2D eigenvalue weighted by Gasteiger charge is 2.65. The Labute approximate surface area is 77.7 Å². The number of rotatable bonds is 4. The van der Waals surface area contributed by atoms with Crippen molar-refractivity contribution in [3.63, 3.8) is 0 Å². The minimum absolute atomic E-state index is 0.0224. The van der Waals surface area contributed by atoms with Crippen molar-refractivity contribution in [3.05, 3.63) is 0 Å². The van der Waals surface area contributed by atoms with E-state index >= 15 is 0 Å². The maximum atomic E-state index is 11.0. The zero-order valence-corrected chi connectivity index (χ0v) is 8.70. The normalized spacial score (nSPS) is 31.6. The predicted molar refractivity (Wildman–Crippen MR) is 51.5 cm³/mol. The summed E-state index contributed by atoms with van der Waals surface area (Å²) in [5.41, 5.74) is -0.384. The molecule has 1 fully saturated rings. The van der Waals surface area contributed by atoms with Gasteiger partial charge < -0.3 is 5.11 Å². The Kier molecular flexibility index (Phi) is 2.43. The van der Waals surface area contributed by atoms with E-state index in [0.29, 0.717) is 0 Å². The van der Waals surface area contributed by atoms with Gasteiger partial charge in [-0.3, -0.25) is 4.79 Å². The minimum atomic E-state index is -0.610. The lowest BCUT2D eigenvalue weighted by atomic mass is 9.93. The molecule has 3 heteroatoms. The van der Waals surface area contributed by atoms with Gasteiger partial charge in [-0.1, -0.05) is 13.8 Å². The molecular formula is C9H16O2S. The largest absolute Gasteiger partial charge is 0.481 e. The van der Waals surface area contributed by atoms with Crippen molar-refractivity contribution in [1.82, 2.24) is 0 Å². The number of carbonyl (C=O) groups is 1. The Morgan fingerprint density at radius 2 is 2.08 bits per heavy atom. The first-order valence-electron chi connectivity index (χ1n) is 4.19. The first kappa shape index (κ1) is 9.90. The van der Waals surface area contributed by atoms with Crippen LogP contribution in [0.1, 0.15) is 26.7 Å². The molecule has 12 heavy (non-hydrogen) atoms. The van der Waals surface area contributed by atoms with Gasteiger partial charge in [0.15, 0.2) is 0 Å². The van der Waals surface area contributed by atoms with E-state index in [0.717, 1.165) is 18.6 Å². The summed E-state index contributed by atoms with van der Waals surface area (Å²) < 4.78 is 0. The molecule has 0 radical (unpaired) electrons. The molecule has 0 saturated heterocycles. The smallest absolute Gasteiger partial charge is 0.310 e. The molecule has 1 unspecified atom stereocenters. The number of carboxylic acid groups (broad SMARTS) is 1. The lowest BCUT2D eigenvalue weighted by Gasteiger charge is -2.14. The summed E-state index contributed by atoms with van der Waals surface area (Å²) in [6.45, 7) is 4.09. The topological polar surface area (TPSA) is 37.3 Å². The molecule has 1 saturated carbocycles. The number of thioether (sulfide) groups is 1. The van der Waals surface area contributed by atoms with E-state index in [9.17, 15) is 4.79 Å². The second kappa shape index (κ2) is 2.95. The van der Waals surface area contributed by atoms with Crippen molar-refractivity contribution >= 4 is 17.7 Å². The van der Waals surface area contributed by atoms with Gasteiger partial charge in [-0.15, -0.1) is 0 Å². The van der Waals surface area contributed by atoms with Crippen molar-refractivity contribution in [2.24, 2.45) is 10.8 Å². The third kappa shape index (κ3) is 1.35. The van der Waals surface area contributed by atoms with Gasteiger partial charge in [0.2, 0.25) is 0 Å². The SMILES string of the molecule is CSCCC1(C(=O)O)CC1(C)C. The fourth-order valence-corrected chi connectivity index (χ4v) is 2.44. The van der Waals surface area contributed by atoms with Crippen LogP contribution in [0.3, 0.4) is 0 Å². The Hall–Kier alpha value is -0.180. The molecule has 0 aliphatic heterocycles. The van der Waals surface area contributed by atoms with Crippen LogP contribution in [0.2, 0.25) is 0 Å².